The molecule has 1 saturated heterocycles. The van der Waals surface area contributed by atoms with Gasteiger partial charge < -0.3 is 4.74 Å². The minimum absolute atomic E-state index is 0.0301. The third kappa shape index (κ3) is 1.13. The van der Waals surface area contributed by atoms with Crippen LogP contribution in [-0.4, -0.2) is 37.2 Å². The molecule has 3 heteroatoms. The number of rotatable bonds is 1. The van der Waals surface area contributed by atoms with E-state index in [4.69, 9.17) is 10.00 Å². The summed E-state index contributed by atoms with van der Waals surface area (Å²) < 4.78 is 5.36. The monoisotopic (exact) mass is 154 g/mol. The van der Waals surface area contributed by atoms with Gasteiger partial charge in [0, 0.05) is 13.0 Å². The molecular formula is C8H14N2O. The molecule has 0 aromatic rings. The number of hydrogen-bond acceptors (Lipinski definition) is 3. The standard InChI is InChI=1S/C8H14N2O/c1-7-8(6-9,10(2)3)4-5-11-7/h7H,4-5H2,1-3H3. The fraction of sp³-hybridized carbons (Fsp3) is 0.875. The molecule has 0 N–H and O–H groups in total. The minimum Gasteiger partial charge on any atom is -0.375 e. The third-order valence-corrected chi connectivity index (χ3v) is 2.52. The Morgan fingerprint density at radius 1 is 1.64 bits per heavy atom. The number of nitrogens with zero attached hydrogens (tertiary/aromatic N) is 2. The van der Waals surface area contributed by atoms with Crippen molar-refractivity contribution in [2.24, 2.45) is 0 Å². The summed E-state index contributed by atoms with van der Waals surface area (Å²) in [4.78, 5) is 1.95. The van der Waals surface area contributed by atoms with Gasteiger partial charge >= 0.3 is 0 Å². The maximum Gasteiger partial charge on any atom is 0.137 e. The van der Waals surface area contributed by atoms with Crippen molar-refractivity contribution in [1.29, 1.82) is 5.26 Å². The number of likely N-dealkylation sites (N-methyl/N-ethyl adjacent to an activating group) is 1. The Morgan fingerprint density at radius 3 is 2.45 bits per heavy atom. The summed E-state index contributed by atoms with van der Waals surface area (Å²) in [5.41, 5.74) is -0.389. The van der Waals surface area contributed by atoms with E-state index in [9.17, 15) is 0 Å². The average Bonchev–Trinajstić information content (AvgIpc) is 2.32. The summed E-state index contributed by atoms with van der Waals surface area (Å²) in [6.07, 6.45) is 0.847. The van der Waals surface area contributed by atoms with Gasteiger partial charge in [-0.15, -0.1) is 0 Å². The lowest BCUT2D eigenvalue weighted by atomic mass is 9.93. The van der Waals surface area contributed by atoms with Gasteiger partial charge in [0.1, 0.15) is 5.54 Å². The summed E-state index contributed by atoms with van der Waals surface area (Å²) in [7, 11) is 3.85. The van der Waals surface area contributed by atoms with E-state index in [1.54, 1.807) is 0 Å². The molecule has 0 spiro atoms. The summed E-state index contributed by atoms with van der Waals surface area (Å²) in [5.74, 6) is 0. The fourth-order valence-electron chi connectivity index (χ4n) is 1.57. The van der Waals surface area contributed by atoms with E-state index < -0.39 is 0 Å². The second-order valence-corrected chi connectivity index (χ2v) is 3.19. The molecule has 0 bridgehead atoms. The zero-order valence-electron chi connectivity index (χ0n) is 7.29. The van der Waals surface area contributed by atoms with Crippen LogP contribution in [0.1, 0.15) is 13.3 Å². The maximum absolute atomic E-state index is 8.99. The summed E-state index contributed by atoms with van der Waals surface area (Å²) >= 11 is 0. The third-order valence-electron chi connectivity index (χ3n) is 2.52. The van der Waals surface area contributed by atoms with Crippen molar-refractivity contribution in [2.45, 2.75) is 25.0 Å². The first-order chi connectivity index (χ1) is 5.13. The highest BCUT2D eigenvalue weighted by Gasteiger charge is 2.43. The number of ether oxygens (including phenoxy) is 1. The zero-order chi connectivity index (χ0) is 8.48. The van der Waals surface area contributed by atoms with E-state index in [0.717, 1.165) is 6.42 Å². The molecule has 0 radical (unpaired) electrons. The number of hydrogen-bond donors (Lipinski definition) is 0. The summed E-state index contributed by atoms with van der Waals surface area (Å²) in [5, 5.41) is 8.99. The molecule has 11 heavy (non-hydrogen) atoms. The Balaban J connectivity index is 2.84. The minimum atomic E-state index is -0.389. The lowest BCUT2D eigenvalue weighted by Crippen LogP contribution is -2.48. The SMILES string of the molecule is CC1OCCC1(C#N)N(C)C. The van der Waals surface area contributed by atoms with Crippen LogP contribution in [-0.2, 0) is 4.74 Å². The molecule has 1 heterocycles. The first-order valence-corrected chi connectivity index (χ1v) is 3.84. The van der Waals surface area contributed by atoms with Gasteiger partial charge in [0.05, 0.1) is 12.2 Å². The van der Waals surface area contributed by atoms with Gasteiger partial charge in [-0.3, -0.25) is 4.90 Å². The Labute approximate surface area is 67.6 Å². The summed E-state index contributed by atoms with van der Waals surface area (Å²) in [6, 6.07) is 2.33. The van der Waals surface area contributed by atoms with Crippen LogP contribution >= 0.6 is 0 Å². The van der Waals surface area contributed by atoms with E-state index in [0.29, 0.717) is 6.61 Å². The van der Waals surface area contributed by atoms with Gasteiger partial charge in [-0.2, -0.15) is 5.26 Å². The van der Waals surface area contributed by atoms with Crippen LogP contribution in [0.25, 0.3) is 0 Å². The molecule has 1 rings (SSSR count). The molecule has 1 fully saturated rings. The van der Waals surface area contributed by atoms with E-state index in [2.05, 4.69) is 6.07 Å². The van der Waals surface area contributed by atoms with Gasteiger partial charge in [0.25, 0.3) is 0 Å². The maximum atomic E-state index is 8.99. The van der Waals surface area contributed by atoms with Crippen LogP contribution in [0, 0.1) is 11.3 Å². The molecule has 0 aromatic heterocycles. The smallest absolute Gasteiger partial charge is 0.137 e. The average molecular weight is 154 g/mol. The van der Waals surface area contributed by atoms with Crippen molar-refractivity contribution in [2.75, 3.05) is 20.7 Å². The number of nitriles is 1. The summed E-state index contributed by atoms with van der Waals surface area (Å²) in [6.45, 7) is 2.66. The largest absolute Gasteiger partial charge is 0.375 e. The van der Waals surface area contributed by atoms with Gasteiger partial charge in [0.15, 0.2) is 0 Å². The van der Waals surface area contributed by atoms with Crippen LogP contribution in [0.3, 0.4) is 0 Å². The lowest BCUT2D eigenvalue weighted by molar-refractivity contribution is 0.0646. The second-order valence-electron chi connectivity index (χ2n) is 3.19. The first-order valence-electron chi connectivity index (χ1n) is 3.84. The Morgan fingerprint density at radius 2 is 2.27 bits per heavy atom. The highest BCUT2D eigenvalue weighted by Crippen LogP contribution is 2.29. The van der Waals surface area contributed by atoms with E-state index in [1.165, 1.54) is 0 Å². The van der Waals surface area contributed by atoms with Crippen molar-refractivity contribution in [3.8, 4) is 6.07 Å². The van der Waals surface area contributed by atoms with Gasteiger partial charge in [-0.25, -0.2) is 0 Å². The lowest BCUT2D eigenvalue weighted by Gasteiger charge is -2.31. The van der Waals surface area contributed by atoms with Gasteiger partial charge in [-0.1, -0.05) is 0 Å². The Bertz CT molecular complexity index is 185. The fourth-order valence-corrected chi connectivity index (χ4v) is 1.57. The Hall–Kier alpha value is -0.590. The molecule has 1 aliphatic rings. The highest BCUT2D eigenvalue weighted by atomic mass is 16.5. The molecular weight excluding hydrogens is 140 g/mol. The Kier molecular flexibility index (Phi) is 2.17. The predicted octanol–water partition coefficient (Wildman–Crippen LogP) is 0.619. The van der Waals surface area contributed by atoms with Crippen LogP contribution in [0.5, 0.6) is 0 Å². The molecule has 0 aliphatic carbocycles. The molecule has 2 atom stereocenters. The van der Waals surface area contributed by atoms with Crippen molar-refractivity contribution in [1.82, 2.24) is 4.90 Å². The van der Waals surface area contributed by atoms with Crippen molar-refractivity contribution in [3.05, 3.63) is 0 Å². The normalized spacial score (nSPS) is 37.5. The molecule has 0 aromatic carbocycles. The van der Waals surface area contributed by atoms with Crippen molar-refractivity contribution < 1.29 is 4.74 Å². The quantitative estimate of drug-likeness (QED) is 0.555. The van der Waals surface area contributed by atoms with E-state index in [1.807, 2.05) is 25.9 Å². The van der Waals surface area contributed by atoms with Crippen molar-refractivity contribution in [3.63, 3.8) is 0 Å². The molecule has 1 aliphatic heterocycles. The predicted molar refractivity (Wildman–Crippen MR) is 42.1 cm³/mol. The van der Waals surface area contributed by atoms with Gasteiger partial charge in [0.2, 0.25) is 0 Å². The van der Waals surface area contributed by atoms with Crippen LogP contribution in [0.15, 0.2) is 0 Å². The topological polar surface area (TPSA) is 36.3 Å². The second kappa shape index (κ2) is 2.80. The molecule has 3 nitrogen and oxygen atoms in total. The van der Waals surface area contributed by atoms with E-state index >= 15 is 0 Å². The van der Waals surface area contributed by atoms with Crippen molar-refractivity contribution >= 4 is 0 Å². The molecule has 62 valence electrons. The molecule has 2 unspecified atom stereocenters. The zero-order valence-corrected chi connectivity index (χ0v) is 7.29. The van der Waals surface area contributed by atoms with Gasteiger partial charge in [-0.05, 0) is 21.0 Å². The highest BCUT2D eigenvalue weighted by molar-refractivity contribution is 5.13. The van der Waals surface area contributed by atoms with Crippen LogP contribution in [0.2, 0.25) is 0 Å². The first kappa shape index (κ1) is 8.51. The van der Waals surface area contributed by atoms with E-state index in [-0.39, 0.29) is 11.6 Å². The van der Waals surface area contributed by atoms with Crippen LogP contribution < -0.4 is 0 Å². The molecule has 0 saturated carbocycles. The van der Waals surface area contributed by atoms with Crippen LogP contribution in [0.4, 0.5) is 0 Å². The molecule has 0 amide bonds.